The maximum Gasteiger partial charge on any atom is 0.306 e. The maximum atomic E-state index is 12.9. The second kappa shape index (κ2) is 64.6. The van der Waals surface area contributed by atoms with Crippen LogP contribution in [0.25, 0.3) is 0 Å². The molecule has 0 aliphatic heterocycles. The molecule has 0 N–H and O–H groups in total. The number of hydrogen-bond donors (Lipinski definition) is 0. The maximum absolute atomic E-state index is 12.9. The second-order valence-electron chi connectivity index (χ2n) is 22.4. The van der Waals surface area contributed by atoms with Gasteiger partial charge in [0.2, 0.25) is 0 Å². The summed E-state index contributed by atoms with van der Waals surface area (Å²) in [4.78, 5) is 38.3. The minimum absolute atomic E-state index is 0.0789. The van der Waals surface area contributed by atoms with Crippen molar-refractivity contribution < 1.29 is 28.6 Å². The summed E-state index contributed by atoms with van der Waals surface area (Å²) in [5.41, 5.74) is 0. The fourth-order valence-corrected chi connectivity index (χ4v) is 9.68. The highest BCUT2D eigenvalue weighted by Crippen LogP contribution is 2.16. The van der Waals surface area contributed by atoms with Crippen molar-refractivity contribution in [3.63, 3.8) is 0 Å². The van der Waals surface area contributed by atoms with Crippen LogP contribution in [0.5, 0.6) is 0 Å². The van der Waals surface area contributed by atoms with Crippen molar-refractivity contribution >= 4 is 17.9 Å². The third kappa shape index (κ3) is 62.0. The van der Waals surface area contributed by atoms with Crippen molar-refractivity contribution in [2.75, 3.05) is 13.2 Å². The fraction of sp³-hybridized carbons (Fsp3) is 0.814. The number of carbonyl (C=O) groups is 3. The predicted octanol–water partition coefficient (Wildman–Crippen LogP) is 22.7. The molecule has 0 saturated carbocycles. The van der Waals surface area contributed by atoms with Crippen LogP contribution in [0, 0.1) is 0 Å². The van der Waals surface area contributed by atoms with E-state index in [1.807, 2.05) is 0 Å². The molecule has 0 aromatic rings. The monoisotopic (exact) mass is 1060 g/mol. The molecule has 0 aromatic carbocycles. The molecule has 6 heteroatoms. The molecule has 1 atom stereocenters. The smallest absolute Gasteiger partial charge is 0.306 e. The Balaban J connectivity index is 4.28. The standard InChI is InChI=1S/C70H126O6/c1-4-7-10-13-16-19-22-25-28-30-31-32-33-34-35-36-37-38-39-40-43-45-48-51-54-57-60-63-69(72)75-66-67(65-74-68(71)62-59-56-53-50-47-44-41-27-24-21-18-15-12-9-6-3)76-70(73)64-61-58-55-52-49-46-42-29-26-23-20-17-14-11-8-5-2/h22,25,27,29-31,33-34,41-42,67H,4-21,23-24,26,28,32,35-40,43-66H2,1-3H3/b25-22-,31-30-,34-33-,41-27-,42-29-. The van der Waals surface area contributed by atoms with Crippen LogP contribution in [0.2, 0.25) is 0 Å². The molecule has 0 fully saturated rings. The van der Waals surface area contributed by atoms with Crippen LogP contribution in [0.4, 0.5) is 0 Å². The van der Waals surface area contributed by atoms with Gasteiger partial charge in [-0.15, -0.1) is 0 Å². The number of ether oxygens (including phenoxy) is 3. The molecule has 0 radical (unpaired) electrons. The van der Waals surface area contributed by atoms with Crippen molar-refractivity contribution in [2.45, 2.75) is 354 Å². The van der Waals surface area contributed by atoms with Crippen LogP contribution in [0.1, 0.15) is 348 Å². The number of esters is 3. The van der Waals surface area contributed by atoms with E-state index in [1.165, 1.54) is 218 Å². The fourth-order valence-electron chi connectivity index (χ4n) is 9.68. The van der Waals surface area contributed by atoms with Gasteiger partial charge in [0.05, 0.1) is 0 Å². The Bertz CT molecular complexity index is 1360. The van der Waals surface area contributed by atoms with E-state index in [0.717, 1.165) is 89.9 Å². The Hall–Kier alpha value is -2.89. The summed E-state index contributed by atoms with van der Waals surface area (Å²) < 4.78 is 16.9. The van der Waals surface area contributed by atoms with Gasteiger partial charge >= 0.3 is 17.9 Å². The van der Waals surface area contributed by atoms with Gasteiger partial charge in [-0.1, -0.05) is 281 Å². The Kier molecular flexibility index (Phi) is 62.2. The average Bonchev–Trinajstić information content (AvgIpc) is 3.42. The third-order valence-corrected chi connectivity index (χ3v) is 14.7. The molecule has 0 saturated heterocycles. The summed E-state index contributed by atoms with van der Waals surface area (Å²) in [5.74, 6) is -0.880. The van der Waals surface area contributed by atoms with E-state index in [-0.39, 0.29) is 31.1 Å². The van der Waals surface area contributed by atoms with Crippen LogP contribution in [0.15, 0.2) is 60.8 Å². The molecule has 1 unspecified atom stereocenters. The lowest BCUT2D eigenvalue weighted by Gasteiger charge is -2.18. The number of unbranched alkanes of at least 4 members (excludes halogenated alkanes) is 40. The van der Waals surface area contributed by atoms with Crippen LogP contribution < -0.4 is 0 Å². The van der Waals surface area contributed by atoms with Gasteiger partial charge in [0.25, 0.3) is 0 Å². The largest absolute Gasteiger partial charge is 0.462 e. The van der Waals surface area contributed by atoms with Crippen LogP contribution >= 0.6 is 0 Å². The number of carbonyl (C=O) groups excluding carboxylic acids is 3. The zero-order valence-electron chi connectivity index (χ0n) is 50.8. The molecule has 0 aromatic heterocycles. The SMILES string of the molecule is CCCCCCC/C=C\C/C=C\C/C=C\CCCCCCCCCCCCCCC(=O)OCC(COC(=O)CCCCCCC/C=C\CCCCCCCC)OC(=O)CCCCCCC/C=C\CCCCCCCCC. The topological polar surface area (TPSA) is 78.9 Å². The highest BCUT2D eigenvalue weighted by atomic mass is 16.6. The molecule has 0 aliphatic carbocycles. The Morgan fingerprint density at radius 2 is 0.474 bits per heavy atom. The molecule has 6 nitrogen and oxygen atoms in total. The lowest BCUT2D eigenvalue weighted by Crippen LogP contribution is -2.30. The first-order chi connectivity index (χ1) is 37.5. The van der Waals surface area contributed by atoms with Gasteiger partial charge in [-0.25, -0.2) is 0 Å². The quantitative estimate of drug-likeness (QED) is 0.0261. The summed E-state index contributed by atoms with van der Waals surface area (Å²) >= 11 is 0. The summed E-state index contributed by atoms with van der Waals surface area (Å²) in [5, 5.41) is 0. The van der Waals surface area contributed by atoms with Crippen LogP contribution in [-0.4, -0.2) is 37.2 Å². The summed E-state index contributed by atoms with van der Waals surface area (Å²) in [6, 6.07) is 0. The Labute approximate surface area is 472 Å². The van der Waals surface area contributed by atoms with Crippen molar-refractivity contribution in [1.82, 2.24) is 0 Å². The van der Waals surface area contributed by atoms with Crippen LogP contribution in [-0.2, 0) is 28.6 Å². The molecule has 76 heavy (non-hydrogen) atoms. The van der Waals surface area contributed by atoms with Crippen molar-refractivity contribution in [2.24, 2.45) is 0 Å². The van der Waals surface area contributed by atoms with Gasteiger partial charge in [0.15, 0.2) is 6.10 Å². The normalized spacial score (nSPS) is 12.4. The van der Waals surface area contributed by atoms with E-state index in [0.29, 0.717) is 19.3 Å². The first-order valence-electron chi connectivity index (χ1n) is 33.3. The predicted molar refractivity (Wildman–Crippen MR) is 330 cm³/mol. The molecule has 442 valence electrons. The van der Waals surface area contributed by atoms with Crippen molar-refractivity contribution in [3.05, 3.63) is 60.8 Å². The molecule has 0 heterocycles. The van der Waals surface area contributed by atoms with Gasteiger partial charge in [0, 0.05) is 19.3 Å². The van der Waals surface area contributed by atoms with Crippen LogP contribution in [0.3, 0.4) is 0 Å². The highest BCUT2D eigenvalue weighted by Gasteiger charge is 2.19. The molecule has 0 aliphatic rings. The zero-order chi connectivity index (χ0) is 55.0. The highest BCUT2D eigenvalue weighted by molar-refractivity contribution is 5.71. The minimum Gasteiger partial charge on any atom is -0.462 e. The number of rotatable bonds is 61. The minimum atomic E-state index is -0.783. The van der Waals surface area contributed by atoms with Gasteiger partial charge in [-0.05, 0) is 109 Å². The lowest BCUT2D eigenvalue weighted by atomic mass is 10.0. The molecule has 0 amide bonds. The van der Waals surface area contributed by atoms with E-state index < -0.39 is 6.10 Å². The molecule has 0 spiro atoms. The summed E-state index contributed by atoms with van der Waals surface area (Å²) in [6.07, 6.45) is 82.3. The summed E-state index contributed by atoms with van der Waals surface area (Å²) in [7, 11) is 0. The lowest BCUT2D eigenvalue weighted by molar-refractivity contribution is -0.167. The average molecular weight is 1060 g/mol. The molecule has 0 rings (SSSR count). The van der Waals surface area contributed by atoms with Gasteiger partial charge in [-0.3, -0.25) is 14.4 Å². The van der Waals surface area contributed by atoms with Gasteiger partial charge in [0.1, 0.15) is 13.2 Å². The van der Waals surface area contributed by atoms with Gasteiger partial charge < -0.3 is 14.2 Å². The van der Waals surface area contributed by atoms with E-state index >= 15 is 0 Å². The van der Waals surface area contributed by atoms with Gasteiger partial charge in [-0.2, -0.15) is 0 Å². The van der Waals surface area contributed by atoms with E-state index in [1.54, 1.807) is 0 Å². The Morgan fingerprint density at radius 1 is 0.263 bits per heavy atom. The number of hydrogen-bond acceptors (Lipinski definition) is 6. The third-order valence-electron chi connectivity index (χ3n) is 14.7. The Morgan fingerprint density at radius 3 is 0.750 bits per heavy atom. The van der Waals surface area contributed by atoms with Crippen molar-refractivity contribution in [1.29, 1.82) is 0 Å². The zero-order valence-corrected chi connectivity index (χ0v) is 50.8. The van der Waals surface area contributed by atoms with Crippen molar-refractivity contribution in [3.8, 4) is 0 Å². The number of allylic oxidation sites excluding steroid dienone is 10. The first-order valence-corrected chi connectivity index (χ1v) is 33.3. The molecule has 0 bridgehead atoms. The van der Waals surface area contributed by atoms with E-state index in [4.69, 9.17) is 14.2 Å². The van der Waals surface area contributed by atoms with E-state index in [9.17, 15) is 14.4 Å². The first kappa shape index (κ1) is 73.1. The molecular formula is C70H126O6. The summed E-state index contributed by atoms with van der Waals surface area (Å²) in [6.45, 7) is 6.65. The second-order valence-corrected chi connectivity index (χ2v) is 22.4. The molecular weight excluding hydrogens is 937 g/mol. The van der Waals surface area contributed by atoms with E-state index in [2.05, 4.69) is 81.5 Å².